The Balaban J connectivity index is 2.19. The lowest BCUT2D eigenvalue weighted by atomic mass is 10.1. The molecule has 2 rings (SSSR count). The van der Waals surface area contributed by atoms with Gasteiger partial charge in [0.15, 0.2) is 5.78 Å². The van der Waals surface area contributed by atoms with E-state index in [1.54, 1.807) is 0 Å². The van der Waals surface area contributed by atoms with E-state index in [0.717, 1.165) is 6.42 Å². The highest BCUT2D eigenvalue weighted by Crippen LogP contribution is 2.19. The zero-order valence-electron chi connectivity index (χ0n) is 12.1. The summed E-state index contributed by atoms with van der Waals surface area (Å²) in [5.41, 5.74) is 0.856. The number of aromatic hydroxyl groups is 1. The largest absolute Gasteiger partial charge is 0.508 e. The first kappa shape index (κ1) is 16.0. The molecule has 0 saturated carbocycles. The van der Waals surface area contributed by atoms with Crippen molar-refractivity contribution in [3.63, 3.8) is 0 Å². The van der Waals surface area contributed by atoms with Crippen LogP contribution in [0.25, 0.3) is 0 Å². The van der Waals surface area contributed by atoms with E-state index in [4.69, 9.17) is 0 Å². The monoisotopic (exact) mass is 319 g/mol. The van der Waals surface area contributed by atoms with Crippen molar-refractivity contribution in [2.75, 3.05) is 4.72 Å². The van der Waals surface area contributed by atoms with Crippen LogP contribution >= 0.6 is 0 Å². The molecule has 0 radical (unpaired) electrons. The summed E-state index contributed by atoms with van der Waals surface area (Å²) in [6, 6.07) is 11.6. The van der Waals surface area contributed by atoms with Crippen molar-refractivity contribution < 1.29 is 18.3 Å². The molecule has 2 aromatic rings. The molecule has 22 heavy (non-hydrogen) atoms. The van der Waals surface area contributed by atoms with Crippen LogP contribution in [0.2, 0.25) is 0 Å². The van der Waals surface area contributed by atoms with Crippen molar-refractivity contribution >= 4 is 21.5 Å². The van der Waals surface area contributed by atoms with E-state index in [1.165, 1.54) is 48.5 Å². The van der Waals surface area contributed by atoms with E-state index >= 15 is 0 Å². The molecule has 0 fully saturated rings. The Labute approximate surface area is 129 Å². The average Bonchev–Trinajstić information content (AvgIpc) is 2.50. The maximum absolute atomic E-state index is 12.2. The highest BCUT2D eigenvalue weighted by atomic mass is 32.2. The van der Waals surface area contributed by atoms with Crippen molar-refractivity contribution in [2.24, 2.45) is 0 Å². The van der Waals surface area contributed by atoms with Gasteiger partial charge in [-0.2, -0.15) is 0 Å². The molecule has 0 spiro atoms. The standard InChI is InChI=1S/C16H17NO4S/c1-2-3-16(19)12-4-10-15(11-5-12)22(20,21)17-13-6-8-14(18)9-7-13/h4-11,17-18H,2-3H2,1H3. The third-order valence-corrected chi connectivity index (χ3v) is 4.48. The molecule has 0 amide bonds. The second-order valence-electron chi connectivity index (χ2n) is 4.85. The SMILES string of the molecule is CCCC(=O)c1ccc(S(=O)(=O)Nc2ccc(O)cc2)cc1. The number of benzene rings is 2. The number of phenolic OH excluding ortho intramolecular Hbond substituents is 1. The van der Waals surface area contributed by atoms with Gasteiger partial charge in [0.2, 0.25) is 0 Å². The summed E-state index contributed by atoms with van der Waals surface area (Å²) in [5.74, 6) is 0.0553. The van der Waals surface area contributed by atoms with Gasteiger partial charge in [-0.1, -0.05) is 19.1 Å². The molecule has 0 aliphatic carbocycles. The minimum Gasteiger partial charge on any atom is -0.508 e. The zero-order valence-corrected chi connectivity index (χ0v) is 12.9. The molecule has 6 heteroatoms. The van der Waals surface area contributed by atoms with E-state index in [-0.39, 0.29) is 16.4 Å². The summed E-state index contributed by atoms with van der Waals surface area (Å²) in [5, 5.41) is 9.19. The molecule has 0 atom stereocenters. The lowest BCUT2D eigenvalue weighted by Crippen LogP contribution is -2.13. The smallest absolute Gasteiger partial charge is 0.261 e. The van der Waals surface area contributed by atoms with Crippen molar-refractivity contribution in [1.29, 1.82) is 0 Å². The van der Waals surface area contributed by atoms with Crippen LogP contribution in [-0.2, 0) is 10.0 Å². The number of ketones is 1. The first-order valence-corrected chi connectivity index (χ1v) is 8.36. The van der Waals surface area contributed by atoms with Crippen molar-refractivity contribution in [1.82, 2.24) is 0 Å². The highest BCUT2D eigenvalue weighted by molar-refractivity contribution is 7.92. The van der Waals surface area contributed by atoms with Gasteiger partial charge in [0.1, 0.15) is 5.75 Å². The summed E-state index contributed by atoms with van der Waals surface area (Å²) < 4.78 is 26.9. The molecule has 0 aliphatic rings. The Morgan fingerprint density at radius 3 is 2.18 bits per heavy atom. The Bertz CT molecular complexity index is 750. The first-order valence-electron chi connectivity index (χ1n) is 6.87. The summed E-state index contributed by atoms with van der Waals surface area (Å²) in [4.78, 5) is 11.8. The molecular weight excluding hydrogens is 302 g/mol. The van der Waals surface area contributed by atoms with Crippen LogP contribution in [0.1, 0.15) is 30.1 Å². The van der Waals surface area contributed by atoms with Gasteiger partial charge in [0.25, 0.3) is 10.0 Å². The number of Topliss-reactive ketones (excluding diaryl/α,β-unsaturated/α-hetero) is 1. The number of hydrogen-bond acceptors (Lipinski definition) is 4. The van der Waals surface area contributed by atoms with E-state index in [1.807, 2.05) is 6.92 Å². The fourth-order valence-electron chi connectivity index (χ4n) is 1.93. The van der Waals surface area contributed by atoms with Crippen molar-refractivity contribution in [3.05, 3.63) is 54.1 Å². The van der Waals surface area contributed by atoms with Crippen LogP contribution in [0, 0.1) is 0 Å². The third kappa shape index (κ3) is 3.85. The van der Waals surface area contributed by atoms with Gasteiger partial charge in [0, 0.05) is 17.7 Å². The lowest BCUT2D eigenvalue weighted by molar-refractivity contribution is 0.0981. The van der Waals surface area contributed by atoms with Gasteiger partial charge in [-0.15, -0.1) is 0 Å². The molecule has 116 valence electrons. The van der Waals surface area contributed by atoms with Crippen LogP contribution in [0.15, 0.2) is 53.4 Å². The number of sulfonamides is 1. The molecule has 0 bridgehead atoms. The molecule has 0 saturated heterocycles. The molecule has 5 nitrogen and oxygen atoms in total. The van der Waals surface area contributed by atoms with E-state index in [2.05, 4.69) is 4.72 Å². The zero-order chi connectivity index (χ0) is 16.2. The number of carbonyl (C=O) groups is 1. The Kier molecular flexibility index (Phi) is 4.82. The number of anilines is 1. The van der Waals surface area contributed by atoms with Crippen LogP contribution in [-0.4, -0.2) is 19.3 Å². The van der Waals surface area contributed by atoms with Gasteiger partial charge in [0.05, 0.1) is 4.90 Å². The maximum atomic E-state index is 12.2. The topological polar surface area (TPSA) is 83.5 Å². The van der Waals surface area contributed by atoms with E-state index in [9.17, 15) is 18.3 Å². The van der Waals surface area contributed by atoms with Crippen LogP contribution < -0.4 is 4.72 Å². The fraction of sp³-hybridized carbons (Fsp3) is 0.188. The second-order valence-corrected chi connectivity index (χ2v) is 6.53. The maximum Gasteiger partial charge on any atom is 0.261 e. The third-order valence-electron chi connectivity index (χ3n) is 3.08. The van der Waals surface area contributed by atoms with Crippen molar-refractivity contribution in [2.45, 2.75) is 24.7 Å². The molecule has 0 heterocycles. The summed E-state index contributed by atoms with van der Waals surface area (Å²) in [6.45, 7) is 1.91. The van der Waals surface area contributed by atoms with Gasteiger partial charge in [-0.3, -0.25) is 9.52 Å². The summed E-state index contributed by atoms with van der Waals surface area (Å²) in [7, 11) is -3.72. The number of rotatable bonds is 6. The Morgan fingerprint density at radius 1 is 1.05 bits per heavy atom. The minimum absolute atomic E-state index is 0.00191. The molecule has 0 unspecified atom stereocenters. The molecular formula is C16H17NO4S. The minimum atomic E-state index is -3.72. The predicted molar refractivity (Wildman–Crippen MR) is 84.6 cm³/mol. The quantitative estimate of drug-likeness (QED) is 0.633. The second kappa shape index (κ2) is 6.62. The molecule has 2 aromatic carbocycles. The number of phenols is 1. The number of hydrogen-bond donors (Lipinski definition) is 2. The van der Waals surface area contributed by atoms with Crippen LogP contribution in [0.3, 0.4) is 0 Å². The molecule has 0 aromatic heterocycles. The van der Waals surface area contributed by atoms with Gasteiger partial charge in [-0.25, -0.2) is 8.42 Å². The highest BCUT2D eigenvalue weighted by Gasteiger charge is 2.15. The number of nitrogens with one attached hydrogen (secondary N) is 1. The predicted octanol–water partition coefficient (Wildman–Crippen LogP) is 3.18. The van der Waals surface area contributed by atoms with Crippen molar-refractivity contribution in [3.8, 4) is 5.75 Å². The average molecular weight is 319 g/mol. The van der Waals surface area contributed by atoms with E-state index < -0.39 is 10.0 Å². The summed E-state index contributed by atoms with van der Waals surface area (Å²) >= 11 is 0. The Morgan fingerprint density at radius 2 is 1.64 bits per heavy atom. The van der Waals surface area contributed by atoms with Gasteiger partial charge in [-0.05, 0) is 42.8 Å². The summed E-state index contributed by atoms with van der Waals surface area (Å²) in [6.07, 6.45) is 1.19. The lowest BCUT2D eigenvalue weighted by Gasteiger charge is -2.08. The van der Waals surface area contributed by atoms with Crippen LogP contribution in [0.4, 0.5) is 5.69 Å². The van der Waals surface area contributed by atoms with E-state index in [0.29, 0.717) is 17.7 Å². The Hall–Kier alpha value is -2.34. The first-order chi connectivity index (χ1) is 10.4. The number of carbonyl (C=O) groups excluding carboxylic acids is 1. The fourth-order valence-corrected chi connectivity index (χ4v) is 2.99. The van der Waals surface area contributed by atoms with Crippen LogP contribution in [0.5, 0.6) is 5.75 Å². The normalized spacial score (nSPS) is 11.1. The van der Waals surface area contributed by atoms with Gasteiger partial charge >= 0.3 is 0 Å². The molecule has 0 aliphatic heterocycles. The molecule has 2 N–H and O–H groups in total. The van der Waals surface area contributed by atoms with Gasteiger partial charge < -0.3 is 5.11 Å².